The van der Waals surface area contributed by atoms with E-state index in [2.05, 4.69) is 30.8 Å². The van der Waals surface area contributed by atoms with Gasteiger partial charge in [0.1, 0.15) is 5.82 Å². The maximum atomic E-state index is 13.4. The van der Waals surface area contributed by atoms with E-state index in [-0.39, 0.29) is 5.82 Å². The summed E-state index contributed by atoms with van der Waals surface area (Å²) >= 11 is 0. The average Bonchev–Trinajstić information content (AvgIpc) is 2.70. The highest BCUT2D eigenvalue weighted by molar-refractivity contribution is 5.53. The monoisotopic (exact) mass is 247 g/mol. The van der Waals surface area contributed by atoms with Gasteiger partial charge in [0.25, 0.3) is 0 Å². The Labute approximate surface area is 107 Å². The van der Waals surface area contributed by atoms with Crippen LogP contribution in [0.4, 0.5) is 10.1 Å². The third kappa shape index (κ3) is 2.46. The predicted molar refractivity (Wildman–Crippen MR) is 70.0 cm³/mol. The van der Waals surface area contributed by atoms with E-state index in [4.69, 9.17) is 5.26 Å². The molecule has 0 radical (unpaired) electrons. The number of benzene rings is 1. The highest BCUT2D eigenvalue weighted by atomic mass is 19.1. The Balaban J connectivity index is 2.24. The molecule has 1 saturated heterocycles. The van der Waals surface area contributed by atoms with Gasteiger partial charge in [-0.3, -0.25) is 0 Å². The zero-order chi connectivity index (χ0) is 13.3. The van der Waals surface area contributed by atoms with E-state index >= 15 is 0 Å². The summed E-state index contributed by atoms with van der Waals surface area (Å²) < 4.78 is 13.4. The fourth-order valence-electron chi connectivity index (χ4n) is 2.65. The van der Waals surface area contributed by atoms with Crippen LogP contribution in [0.25, 0.3) is 0 Å². The van der Waals surface area contributed by atoms with Crippen LogP contribution in [0.3, 0.4) is 0 Å². The molecule has 18 heavy (non-hydrogen) atoms. The third-order valence-corrected chi connectivity index (χ3v) is 3.61. The van der Waals surface area contributed by atoms with E-state index in [0.717, 1.165) is 18.8 Å². The topological polar surface area (TPSA) is 30.3 Å². The van der Waals surface area contributed by atoms with Gasteiger partial charge in [-0.1, -0.05) is 6.92 Å². The van der Waals surface area contributed by atoms with E-state index < -0.39 is 0 Å². The van der Waals surface area contributed by atoms with Crippen LogP contribution >= 0.6 is 0 Å². The van der Waals surface area contributed by atoms with Crippen LogP contribution in [0.5, 0.6) is 0 Å². The molecule has 2 atom stereocenters. The molecular formula is C14H18FN3. The first-order valence-electron chi connectivity index (χ1n) is 6.13. The summed E-state index contributed by atoms with van der Waals surface area (Å²) in [4.78, 5) is 4.36. The Bertz CT molecular complexity index is 478. The summed E-state index contributed by atoms with van der Waals surface area (Å²) in [6, 6.07) is 7.00. The van der Waals surface area contributed by atoms with Gasteiger partial charge in [-0.15, -0.1) is 0 Å². The van der Waals surface area contributed by atoms with Crippen molar-refractivity contribution in [3.05, 3.63) is 29.6 Å². The number of hydrogen-bond acceptors (Lipinski definition) is 3. The largest absolute Gasteiger partial charge is 0.370 e. The Morgan fingerprint density at radius 3 is 2.61 bits per heavy atom. The fourth-order valence-corrected chi connectivity index (χ4v) is 2.65. The van der Waals surface area contributed by atoms with Gasteiger partial charge in [0.2, 0.25) is 0 Å². The third-order valence-electron chi connectivity index (χ3n) is 3.61. The second kappa shape index (κ2) is 4.95. The lowest BCUT2D eigenvalue weighted by atomic mass is 10.1. The second-order valence-corrected chi connectivity index (χ2v) is 5.22. The van der Waals surface area contributed by atoms with Crippen molar-refractivity contribution in [2.24, 2.45) is 5.92 Å². The molecule has 0 bridgehead atoms. The molecule has 0 aromatic heterocycles. The number of nitrogens with zero attached hydrogens (tertiary/aromatic N) is 3. The van der Waals surface area contributed by atoms with Gasteiger partial charge in [0.05, 0.1) is 11.6 Å². The lowest BCUT2D eigenvalue weighted by molar-refractivity contribution is 0.266. The molecule has 3 nitrogen and oxygen atoms in total. The van der Waals surface area contributed by atoms with Crippen LogP contribution in [-0.2, 0) is 0 Å². The van der Waals surface area contributed by atoms with E-state index in [1.165, 1.54) is 12.1 Å². The van der Waals surface area contributed by atoms with Gasteiger partial charge in [0.15, 0.2) is 0 Å². The fraction of sp³-hybridized carbons (Fsp3) is 0.500. The average molecular weight is 247 g/mol. The van der Waals surface area contributed by atoms with Crippen LogP contribution in [0, 0.1) is 23.1 Å². The molecule has 0 aliphatic carbocycles. The van der Waals surface area contributed by atoms with Crippen LogP contribution in [0.15, 0.2) is 18.2 Å². The Morgan fingerprint density at radius 1 is 1.33 bits per heavy atom. The lowest BCUT2D eigenvalue weighted by Gasteiger charge is -2.23. The number of halogens is 1. The van der Waals surface area contributed by atoms with E-state index in [1.807, 2.05) is 6.07 Å². The molecule has 0 N–H and O–H groups in total. The number of hydrogen-bond donors (Lipinski definition) is 0. The maximum Gasteiger partial charge on any atom is 0.126 e. The van der Waals surface area contributed by atoms with E-state index in [9.17, 15) is 4.39 Å². The van der Waals surface area contributed by atoms with Crippen molar-refractivity contribution in [1.29, 1.82) is 5.26 Å². The summed E-state index contributed by atoms with van der Waals surface area (Å²) in [5.74, 6) is 0.193. The predicted octanol–water partition coefficient (Wildman–Crippen LogP) is 2.08. The SMILES string of the molecule is CC1CN(c2cc(F)cc(C#N)c2)CC1N(C)C. The normalized spacial score (nSPS) is 23.4. The molecule has 0 saturated carbocycles. The van der Waals surface area contributed by atoms with Crippen molar-refractivity contribution in [1.82, 2.24) is 4.90 Å². The highest BCUT2D eigenvalue weighted by Gasteiger charge is 2.31. The van der Waals surface area contributed by atoms with Crippen molar-refractivity contribution in [2.75, 3.05) is 32.1 Å². The summed E-state index contributed by atoms with van der Waals surface area (Å²) in [7, 11) is 4.13. The molecule has 1 aromatic rings. The van der Waals surface area contributed by atoms with Crippen LogP contribution in [-0.4, -0.2) is 38.1 Å². The molecule has 1 aromatic carbocycles. The van der Waals surface area contributed by atoms with Crippen molar-refractivity contribution in [2.45, 2.75) is 13.0 Å². The van der Waals surface area contributed by atoms with Crippen molar-refractivity contribution < 1.29 is 4.39 Å². The molecule has 96 valence electrons. The first-order valence-corrected chi connectivity index (χ1v) is 6.13. The second-order valence-electron chi connectivity index (χ2n) is 5.22. The first kappa shape index (κ1) is 12.8. The minimum absolute atomic E-state index is 0.343. The minimum Gasteiger partial charge on any atom is -0.370 e. The molecule has 1 aliphatic rings. The molecular weight excluding hydrogens is 229 g/mol. The summed E-state index contributed by atoms with van der Waals surface area (Å²) in [5.41, 5.74) is 1.19. The number of rotatable bonds is 2. The van der Waals surface area contributed by atoms with Crippen LogP contribution < -0.4 is 4.90 Å². The Hall–Kier alpha value is -1.60. The zero-order valence-corrected chi connectivity index (χ0v) is 11.0. The number of likely N-dealkylation sites (N-methyl/N-ethyl adjacent to an activating group) is 1. The quantitative estimate of drug-likeness (QED) is 0.801. The Kier molecular flexibility index (Phi) is 3.53. The molecule has 1 fully saturated rings. The van der Waals surface area contributed by atoms with Gasteiger partial charge in [-0.05, 0) is 38.2 Å². The highest BCUT2D eigenvalue weighted by Crippen LogP contribution is 2.27. The van der Waals surface area contributed by atoms with Crippen molar-refractivity contribution in [3.8, 4) is 6.07 Å². The molecule has 2 unspecified atom stereocenters. The van der Waals surface area contributed by atoms with Gasteiger partial charge in [-0.2, -0.15) is 5.26 Å². The Morgan fingerprint density at radius 2 is 2.06 bits per heavy atom. The molecule has 0 amide bonds. The smallest absolute Gasteiger partial charge is 0.126 e. The number of anilines is 1. The molecule has 0 spiro atoms. The zero-order valence-electron chi connectivity index (χ0n) is 11.0. The molecule has 1 aliphatic heterocycles. The maximum absolute atomic E-state index is 13.4. The minimum atomic E-state index is -0.343. The van der Waals surface area contributed by atoms with Crippen LogP contribution in [0.1, 0.15) is 12.5 Å². The van der Waals surface area contributed by atoms with Gasteiger partial charge < -0.3 is 9.80 Å². The van der Waals surface area contributed by atoms with Crippen LogP contribution in [0.2, 0.25) is 0 Å². The summed E-state index contributed by atoms with van der Waals surface area (Å²) in [5, 5.41) is 8.88. The van der Waals surface area contributed by atoms with Gasteiger partial charge in [0, 0.05) is 24.8 Å². The van der Waals surface area contributed by atoms with E-state index in [0.29, 0.717) is 17.5 Å². The van der Waals surface area contributed by atoms with E-state index in [1.54, 1.807) is 6.07 Å². The lowest BCUT2D eigenvalue weighted by Crippen LogP contribution is -2.34. The van der Waals surface area contributed by atoms with Gasteiger partial charge >= 0.3 is 0 Å². The summed E-state index contributed by atoms with van der Waals surface area (Å²) in [6.45, 7) is 3.98. The van der Waals surface area contributed by atoms with Crippen molar-refractivity contribution >= 4 is 5.69 Å². The molecule has 2 rings (SSSR count). The molecule has 1 heterocycles. The molecule has 4 heteroatoms. The van der Waals surface area contributed by atoms with Crippen molar-refractivity contribution in [3.63, 3.8) is 0 Å². The number of nitriles is 1. The van der Waals surface area contributed by atoms with Gasteiger partial charge in [-0.25, -0.2) is 4.39 Å². The standard InChI is InChI=1S/C14H18FN3/c1-10-8-18(9-14(10)17(2)3)13-5-11(7-16)4-12(15)6-13/h4-6,10,14H,8-9H2,1-3H3. The first-order chi connectivity index (χ1) is 8.51. The summed E-state index contributed by atoms with van der Waals surface area (Å²) in [6.07, 6.45) is 0.